The fraction of sp³-hybridized carbons (Fsp3) is 0.292. The molecule has 0 aliphatic heterocycles. The topological polar surface area (TPSA) is 110 Å². The Labute approximate surface area is 206 Å². The lowest BCUT2D eigenvalue weighted by Gasteiger charge is -2.21. The number of nitrogens with one attached hydrogen (secondary N) is 2. The Balaban J connectivity index is 1.57. The molecular formula is C24H26N4O4S2. The van der Waals surface area contributed by atoms with Crippen LogP contribution >= 0.6 is 23.1 Å². The molecule has 0 aliphatic rings. The summed E-state index contributed by atoms with van der Waals surface area (Å²) < 4.78 is 5.39. The van der Waals surface area contributed by atoms with Crippen LogP contribution in [-0.2, 0) is 15.3 Å². The van der Waals surface area contributed by atoms with Gasteiger partial charge < -0.3 is 10.1 Å². The van der Waals surface area contributed by atoms with Gasteiger partial charge in [-0.3, -0.25) is 14.9 Å². The van der Waals surface area contributed by atoms with E-state index in [1.165, 1.54) is 30.2 Å². The molecule has 2 amide bonds. The number of thioether (sulfide) groups is 1. The van der Waals surface area contributed by atoms with E-state index in [0.29, 0.717) is 26.4 Å². The van der Waals surface area contributed by atoms with Crippen LogP contribution in [0, 0.1) is 12.8 Å². The number of carbonyl (C=O) groups is 3. The Bertz CT molecular complexity index is 1160. The van der Waals surface area contributed by atoms with Gasteiger partial charge in [0.2, 0.25) is 11.0 Å². The molecule has 1 aromatic heterocycles. The molecule has 1 heterocycles. The van der Waals surface area contributed by atoms with Gasteiger partial charge in [0.25, 0.3) is 5.91 Å². The minimum atomic E-state index is -0.721. The second kappa shape index (κ2) is 11.8. The molecule has 2 aromatic carbocycles. The molecule has 10 heteroatoms. The Morgan fingerprint density at radius 2 is 1.79 bits per heavy atom. The van der Waals surface area contributed by atoms with Gasteiger partial charge in [-0.2, -0.15) is 0 Å². The molecular weight excluding hydrogens is 472 g/mol. The Kier molecular flexibility index (Phi) is 8.78. The standard InChI is InChI=1S/C24H26N4O4S2/c1-14(2)19(25-20(29)18-7-5-6-15(3)12-18)21(30)26-23-27-28-24(34-23)33-13-16-8-10-17(11-9-16)22(31)32-4/h5-12,14,19H,13H2,1-4H3,(H,25,29)(H,26,27,30). The number of benzene rings is 2. The van der Waals surface area contributed by atoms with Crippen molar-refractivity contribution in [3.05, 3.63) is 70.8 Å². The Morgan fingerprint density at radius 1 is 1.06 bits per heavy atom. The van der Waals surface area contributed by atoms with Crippen LogP contribution in [0.4, 0.5) is 5.13 Å². The van der Waals surface area contributed by atoms with Crippen molar-refractivity contribution in [3.63, 3.8) is 0 Å². The van der Waals surface area contributed by atoms with Crippen LogP contribution in [0.15, 0.2) is 52.9 Å². The minimum Gasteiger partial charge on any atom is -0.465 e. The SMILES string of the molecule is COC(=O)c1ccc(CSc2nnc(NC(=O)C(NC(=O)c3cccc(C)c3)C(C)C)s2)cc1. The molecule has 3 aromatic rings. The molecule has 3 rings (SSSR count). The highest BCUT2D eigenvalue weighted by Gasteiger charge is 2.26. The maximum atomic E-state index is 12.9. The van der Waals surface area contributed by atoms with E-state index in [9.17, 15) is 14.4 Å². The summed E-state index contributed by atoms with van der Waals surface area (Å²) in [7, 11) is 1.35. The smallest absolute Gasteiger partial charge is 0.337 e. The van der Waals surface area contributed by atoms with Crippen molar-refractivity contribution >= 4 is 46.0 Å². The fourth-order valence-electron chi connectivity index (χ4n) is 3.05. The lowest BCUT2D eigenvalue weighted by atomic mass is 10.0. The molecule has 0 aliphatic carbocycles. The van der Waals surface area contributed by atoms with Crippen molar-refractivity contribution in [1.82, 2.24) is 15.5 Å². The van der Waals surface area contributed by atoms with Gasteiger partial charge in [-0.05, 0) is 42.7 Å². The van der Waals surface area contributed by atoms with Crippen molar-refractivity contribution in [1.29, 1.82) is 0 Å². The zero-order chi connectivity index (χ0) is 24.7. The third-order valence-corrected chi connectivity index (χ3v) is 6.93. The molecule has 0 radical (unpaired) electrons. The van der Waals surface area contributed by atoms with Gasteiger partial charge >= 0.3 is 5.97 Å². The number of hydrogen-bond donors (Lipinski definition) is 2. The molecule has 0 bridgehead atoms. The van der Waals surface area contributed by atoms with Crippen LogP contribution < -0.4 is 10.6 Å². The number of anilines is 1. The number of aryl methyl sites for hydroxylation is 1. The van der Waals surface area contributed by atoms with Crippen molar-refractivity contribution in [2.24, 2.45) is 5.92 Å². The van der Waals surface area contributed by atoms with E-state index in [0.717, 1.165) is 11.1 Å². The molecule has 178 valence electrons. The number of nitrogens with zero attached hydrogens (tertiary/aromatic N) is 2. The summed E-state index contributed by atoms with van der Waals surface area (Å²) in [6, 6.07) is 13.6. The van der Waals surface area contributed by atoms with E-state index in [-0.39, 0.29) is 23.7 Å². The minimum absolute atomic E-state index is 0.122. The predicted octanol–water partition coefficient (Wildman–Crippen LogP) is 4.32. The zero-order valence-electron chi connectivity index (χ0n) is 19.3. The van der Waals surface area contributed by atoms with Gasteiger partial charge in [0.05, 0.1) is 12.7 Å². The van der Waals surface area contributed by atoms with Gasteiger partial charge in [-0.15, -0.1) is 10.2 Å². The van der Waals surface area contributed by atoms with E-state index in [4.69, 9.17) is 4.74 Å². The van der Waals surface area contributed by atoms with E-state index < -0.39 is 6.04 Å². The highest BCUT2D eigenvalue weighted by molar-refractivity contribution is 8.00. The first kappa shape index (κ1) is 25.4. The number of rotatable bonds is 9. The quantitative estimate of drug-likeness (QED) is 0.257. The predicted molar refractivity (Wildman–Crippen MR) is 133 cm³/mol. The maximum absolute atomic E-state index is 12.9. The molecule has 0 saturated heterocycles. The summed E-state index contributed by atoms with van der Waals surface area (Å²) >= 11 is 2.73. The van der Waals surface area contributed by atoms with E-state index in [1.54, 1.807) is 24.3 Å². The van der Waals surface area contributed by atoms with Crippen molar-refractivity contribution in [3.8, 4) is 0 Å². The summed E-state index contributed by atoms with van der Waals surface area (Å²) in [6.07, 6.45) is 0. The van der Waals surface area contributed by atoms with E-state index >= 15 is 0 Å². The summed E-state index contributed by atoms with van der Waals surface area (Å²) in [6.45, 7) is 5.65. The summed E-state index contributed by atoms with van der Waals surface area (Å²) in [5.74, 6) is -0.515. The normalized spacial score (nSPS) is 11.7. The van der Waals surface area contributed by atoms with Gasteiger partial charge in [-0.25, -0.2) is 4.79 Å². The number of aromatic nitrogens is 2. The Morgan fingerprint density at radius 3 is 2.44 bits per heavy atom. The molecule has 2 N–H and O–H groups in total. The average molecular weight is 499 g/mol. The second-order valence-corrected chi connectivity index (χ2v) is 10.1. The van der Waals surface area contributed by atoms with E-state index in [1.807, 2.05) is 45.0 Å². The van der Waals surface area contributed by atoms with Gasteiger partial charge in [0.1, 0.15) is 6.04 Å². The first-order chi connectivity index (χ1) is 16.3. The van der Waals surface area contributed by atoms with Crippen LogP contribution in [0.25, 0.3) is 0 Å². The van der Waals surface area contributed by atoms with Crippen LogP contribution in [0.3, 0.4) is 0 Å². The molecule has 1 unspecified atom stereocenters. The van der Waals surface area contributed by atoms with Crippen molar-refractivity contribution in [2.45, 2.75) is 36.9 Å². The summed E-state index contributed by atoms with van der Waals surface area (Å²) in [5, 5.41) is 14.1. The van der Waals surface area contributed by atoms with Crippen LogP contribution in [0.1, 0.15) is 45.7 Å². The highest BCUT2D eigenvalue weighted by atomic mass is 32.2. The largest absolute Gasteiger partial charge is 0.465 e. The molecule has 0 fully saturated rings. The first-order valence-corrected chi connectivity index (χ1v) is 12.4. The highest BCUT2D eigenvalue weighted by Crippen LogP contribution is 2.28. The van der Waals surface area contributed by atoms with Gasteiger partial charge in [-0.1, -0.05) is 66.8 Å². The van der Waals surface area contributed by atoms with E-state index in [2.05, 4.69) is 20.8 Å². The van der Waals surface area contributed by atoms with Crippen LogP contribution in [0.5, 0.6) is 0 Å². The second-order valence-electron chi connectivity index (χ2n) is 7.90. The first-order valence-electron chi connectivity index (χ1n) is 10.6. The number of amides is 2. The zero-order valence-corrected chi connectivity index (χ0v) is 21.0. The lowest BCUT2D eigenvalue weighted by molar-refractivity contribution is -0.118. The third-order valence-electron chi connectivity index (χ3n) is 4.89. The molecule has 1 atom stereocenters. The molecule has 8 nitrogen and oxygen atoms in total. The third kappa shape index (κ3) is 6.88. The average Bonchev–Trinajstić information content (AvgIpc) is 3.27. The van der Waals surface area contributed by atoms with Gasteiger partial charge in [0, 0.05) is 11.3 Å². The summed E-state index contributed by atoms with van der Waals surface area (Å²) in [4.78, 5) is 37.0. The number of hydrogen-bond acceptors (Lipinski definition) is 8. The van der Waals surface area contributed by atoms with Gasteiger partial charge in [0.15, 0.2) is 4.34 Å². The number of esters is 1. The number of methoxy groups -OCH3 is 1. The van der Waals surface area contributed by atoms with Crippen molar-refractivity contribution < 1.29 is 19.1 Å². The summed E-state index contributed by atoms with van der Waals surface area (Å²) in [5.41, 5.74) is 2.98. The van der Waals surface area contributed by atoms with Crippen LogP contribution in [-0.4, -0.2) is 41.1 Å². The molecule has 34 heavy (non-hydrogen) atoms. The van der Waals surface area contributed by atoms with Crippen molar-refractivity contribution in [2.75, 3.05) is 12.4 Å². The Hall–Kier alpha value is -3.24. The fourth-order valence-corrected chi connectivity index (χ4v) is 4.76. The monoisotopic (exact) mass is 498 g/mol. The number of carbonyl (C=O) groups excluding carboxylic acids is 3. The lowest BCUT2D eigenvalue weighted by Crippen LogP contribution is -2.47. The van der Waals surface area contributed by atoms with Crippen LogP contribution in [0.2, 0.25) is 0 Å². The number of ether oxygens (including phenoxy) is 1. The molecule has 0 spiro atoms. The maximum Gasteiger partial charge on any atom is 0.337 e. The molecule has 0 saturated carbocycles.